The van der Waals surface area contributed by atoms with Crippen molar-refractivity contribution >= 4 is 17.7 Å². The summed E-state index contributed by atoms with van der Waals surface area (Å²) in [5.41, 5.74) is 1.05. The number of amides is 1. The maximum absolute atomic E-state index is 12.4. The largest absolute Gasteiger partial charge is 0.491 e. The maximum Gasteiger partial charge on any atom is 0.330 e. The average molecular weight is 405 g/mol. The van der Waals surface area contributed by atoms with Gasteiger partial charge in [-0.05, 0) is 23.8 Å². The highest BCUT2D eigenvalue weighted by Gasteiger charge is 2.07. The van der Waals surface area contributed by atoms with Crippen molar-refractivity contribution in [3.63, 3.8) is 0 Å². The number of anilines is 1. The van der Waals surface area contributed by atoms with Gasteiger partial charge < -0.3 is 14.6 Å². The number of para-hydroxylation sites is 2. The smallest absolute Gasteiger partial charge is 0.330 e. The van der Waals surface area contributed by atoms with Gasteiger partial charge in [0.05, 0.1) is 17.9 Å². The number of carbonyl (C=O) groups excluding carboxylic acids is 1. The molecule has 0 radical (unpaired) electrons. The quantitative estimate of drug-likeness (QED) is 0.612. The molecule has 0 aliphatic heterocycles. The summed E-state index contributed by atoms with van der Waals surface area (Å²) < 4.78 is 8.12. The zero-order chi connectivity index (χ0) is 21.5. The minimum absolute atomic E-state index is 0.238. The van der Waals surface area contributed by atoms with Crippen LogP contribution >= 0.6 is 0 Å². The van der Waals surface area contributed by atoms with E-state index in [1.807, 2.05) is 36.4 Å². The van der Waals surface area contributed by atoms with Gasteiger partial charge in [0.25, 0.3) is 5.56 Å². The van der Waals surface area contributed by atoms with Crippen LogP contribution in [-0.2, 0) is 25.3 Å². The van der Waals surface area contributed by atoms with Crippen molar-refractivity contribution in [2.24, 2.45) is 14.1 Å². The van der Waals surface area contributed by atoms with E-state index in [1.54, 1.807) is 25.2 Å². The van der Waals surface area contributed by atoms with Crippen LogP contribution in [0.4, 0.5) is 5.69 Å². The number of aromatic nitrogens is 2. The molecule has 1 aromatic heterocycles. The summed E-state index contributed by atoms with van der Waals surface area (Å²) in [6, 6.07) is 17.2. The topological polar surface area (TPSA) is 82.3 Å². The molecular formula is C23H23N3O4. The van der Waals surface area contributed by atoms with Crippen molar-refractivity contribution in [2.45, 2.75) is 6.42 Å². The van der Waals surface area contributed by atoms with Crippen molar-refractivity contribution in [2.75, 3.05) is 11.9 Å². The molecule has 0 atom stereocenters. The Morgan fingerprint density at radius 2 is 1.73 bits per heavy atom. The summed E-state index contributed by atoms with van der Waals surface area (Å²) in [7, 11) is 2.94. The van der Waals surface area contributed by atoms with Gasteiger partial charge in [-0.25, -0.2) is 4.79 Å². The van der Waals surface area contributed by atoms with Gasteiger partial charge in [-0.2, -0.15) is 0 Å². The summed E-state index contributed by atoms with van der Waals surface area (Å²) in [5, 5.41) is 2.76. The molecule has 1 amide bonds. The minimum Gasteiger partial charge on any atom is -0.491 e. The molecule has 0 unspecified atom stereocenters. The van der Waals surface area contributed by atoms with Crippen LogP contribution in [0.5, 0.6) is 5.75 Å². The molecule has 0 aliphatic carbocycles. The molecule has 0 saturated heterocycles. The molecule has 2 aromatic carbocycles. The standard InChI is InChI=1S/C23H23N3O4/c1-25-16-18(22(28)26(2)23(25)29)12-13-21(27)24-19-10-6-7-11-20(19)30-15-14-17-8-4-3-5-9-17/h3-13,16H,14-15H2,1-2H3,(H,24,27)/b13-12+. The molecule has 0 aliphatic rings. The first-order chi connectivity index (χ1) is 14.5. The lowest BCUT2D eigenvalue weighted by atomic mass is 10.2. The van der Waals surface area contributed by atoms with E-state index < -0.39 is 17.2 Å². The number of nitrogens with zero attached hydrogens (tertiary/aromatic N) is 2. The summed E-state index contributed by atoms with van der Waals surface area (Å²) in [5.74, 6) is 0.151. The third-order valence-corrected chi connectivity index (χ3v) is 4.52. The Hall–Kier alpha value is -3.87. The Morgan fingerprint density at radius 1 is 1.03 bits per heavy atom. The second-order valence-electron chi connectivity index (χ2n) is 6.74. The lowest BCUT2D eigenvalue weighted by Crippen LogP contribution is -2.37. The number of hydrogen-bond acceptors (Lipinski definition) is 4. The van der Waals surface area contributed by atoms with Gasteiger partial charge >= 0.3 is 5.69 Å². The normalized spacial score (nSPS) is 10.9. The van der Waals surface area contributed by atoms with Gasteiger partial charge in [-0.3, -0.25) is 14.2 Å². The first-order valence-corrected chi connectivity index (χ1v) is 9.47. The number of ether oxygens (including phenoxy) is 1. The average Bonchev–Trinajstić information content (AvgIpc) is 2.76. The van der Waals surface area contributed by atoms with Crippen LogP contribution in [0, 0.1) is 0 Å². The number of rotatable bonds is 7. The molecule has 3 rings (SSSR count). The Balaban J connectivity index is 1.66. The van der Waals surface area contributed by atoms with E-state index in [-0.39, 0.29) is 5.56 Å². The predicted octanol–water partition coefficient (Wildman–Crippen LogP) is 2.36. The van der Waals surface area contributed by atoms with Gasteiger partial charge in [-0.1, -0.05) is 42.5 Å². The zero-order valence-electron chi connectivity index (χ0n) is 16.9. The van der Waals surface area contributed by atoms with Gasteiger partial charge in [0, 0.05) is 32.8 Å². The first-order valence-electron chi connectivity index (χ1n) is 9.47. The van der Waals surface area contributed by atoms with E-state index in [2.05, 4.69) is 5.32 Å². The molecule has 3 aromatic rings. The summed E-state index contributed by atoms with van der Waals surface area (Å²) in [6.45, 7) is 0.473. The highest BCUT2D eigenvalue weighted by Crippen LogP contribution is 2.24. The highest BCUT2D eigenvalue weighted by molar-refractivity contribution is 6.02. The molecule has 30 heavy (non-hydrogen) atoms. The number of nitrogens with one attached hydrogen (secondary N) is 1. The molecule has 1 N–H and O–H groups in total. The zero-order valence-corrected chi connectivity index (χ0v) is 16.9. The van der Waals surface area contributed by atoms with Crippen LogP contribution < -0.4 is 21.3 Å². The summed E-state index contributed by atoms with van der Waals surface area (Å²) in [4.78, 5) is 36.2. The van der Waals surface area contributed by atoms with Crippen molar-refractivity contribution in [1.29, 1.82) is 0 Å². The Morgan fingerprint density at radius 3 is 2.50 bits per heavy atom. The van der Waals surface area contributed by atoms with Gasteiger partial charge in [0.1, 0.15) is 5.75 Å². The Bertz CT molecular complexity index is 1180. The third-order valence-electron chi connectivity index (χ3n) is 4.52. The van der Waals surface area contributed by atoms with E-state index in [1.165, 1.54) is 35.5 Å². The fraction of sp³-hybridized carbons (Fsp3) is 0.174. The van der Waals surface area contributed by atoms with E-state index in [4.69, 9.17) is 4.74 Å². The maximum atomic E-state index is 12.4. The number of hydrogen-bond donors (Lipinski definition) is 1. The SMILES string of the molecule is Cn1cc(/C=C/C(=O)Nc2ccccc2OCCc2ccccc2)c(=O)n(C)c1=O. The molecule has 0 bridgehead atoms. The van der Waals surface area contributed by atoms with Gasteiger partial charge in [0.15, 0.2) is 0 Å². The molecule has 7 nitrogen and oxygen atoms in total. The van der Waals surface area contributed by atoms with E-state index in [0.29, 0.717) is 18.0 Å². The van der Waals surface area contributed by atoms with E-state index in [9.17, 15) is 14.4 Å². The van der Waals surface area contributed by atoms with Gasteiger partial charge in [-0.15, -0.1) is 0 Å². The molecule has 0 spiro atoms. The summed E-state index contributed by atoms with van der Waals surface area (Å²) in [6.07, 6.45) is 4.78. The van der Waals surface area contributed by atoms with Crippen molar-refractivity contribution in [3.05, 3.63) is 98.8 Å². The fourth-order valence-corrected chi connectivity index (χ4v) is 2.91. The van der Waals surface area contributed by atoms with Crippen molar-refractivity contribution in [1.82, 2.24) is 9.13 Å². The monoisotopic (exact) mass is 405 g/mol. The molecule has 7 heteroatoms. The number of aryl methyl sites for hydroxylation is 1. The molecular weight excluding hydrogens is 382 g/mol. The van der Waals surface area contributed by atoms with Crippen LogP contribution in [0.1, 0.15) is 11.1 Å². The van der Waals surface area contributed by atoms with Crippen LogP contribution in [0.25, 0.3) is 6.08 Å². The molecule has 154 valence electrons. The summed E-state index contributed by atoms with van der Waals surface area (Å²) >= 11 is 0. The second-order valence-corrected chi connectivity index (χ2v) is 6.74. The minimum atomic E-state index is -0.466. The van der Waals surface area contributed by atoms with Crippen LogP contribution in [0.15, 0.2) is 76.5 Å². The van der Waals surface area contributed by atoms with Gasteiger partial charge in [0.2, 0.25) is 5.91 Å². The third kappa shape index (κ3) is 5.14. The van der Waals surface area contributed by atoms with Crippen LogP contribution in [0.2, 0.25) is 0 Å². The molecule has 0 saturated carbocycles. The van der Waals surface area contributed by atoms with E-state index >= 15 is 0 Å². The molecule has 1 heterocycles. The highest BCUT2D eigenvalue weighted by atomic mass is 16.5. The lowest BCUT2D eigenvalue weighted by molar-refractivity contribution is -0.111. The predicted molar refractivity (Wildman–Crippen MR) is 117 cm³/mol. The Kier molecular flexibility index (Phi) is 6.64. The molecule has 0 fully saturated rings. The number of benzene rings is 2. The fourth-order valence-electron chi connectivity index (χ4n) is 2.91. The number of carbonyl (C=O) groups is 1. The van der Waals surface area contributed by atoms with Crippen molar-refractivity contribution < 1.29 is 9.53 Å². The van der Waals surface area contributed by atoms with Crippen LogP contribution in [0.3, 0.4) is 0 Å². The lowest BCUT2D eigenvalue weighted by Gasteiger charge is -2.11. The Labute approximate surface area is 173 Å². The van der Waals surface area contributed by atoms with E-state index in [0.717, 1.165) is 11.0 Å². The first kappa shape index (κ1) is 20.9. The van der Waals surface area contributed by atoms with Crippen LogP contribution in [-0.4, -0.2) is 21.6 Å². The second kappa shape index (κ2) is 9.56. The van der Waals surface area contributed by atoms with Crippen molar-refractivity contribution in [3.8, 4) is 5.75 Å².